The molecular weight excluding hydrogens is 463 g/mol. The monoisotopic (exact) mass is 478 g/mol. The number of carbonyl (C=O) groups excluding carboxylic acids is 1. The van der Waals surface area contributed by atoms with E-state index in [9.17, 15) is 14.0 Å². The zero-order valence-electron chi connectivity index (χ0n) is 17.5. The summed E-state index contributed by atoms with van der Waals surface area (Å²) in [5.74, 6) is -0.649. The molecule has 0 radical (unpaired) electrons. The summed E-state index contributed by atoms with van der Waals surface area (Å²) in [5.41, 5.74) is 1.33. The molecule has 170 valence electrons. The van der Waals surface area contributed by atoms with Gasteiger partial charge in [0.25, 0.3) is 17.4 Å². The second-order valence-corrected chi connectivity index (χ2v) is 7.81. The van der Waals surface area contributed by atoms with Gasteiger partial charge in [0.1, 0.15) is 17.0 Å². The third-order valence-corrected chi connectivity index (χ3v) is 5.46. The first-order valence-electron chi connectivity index (χ1n) is 10.2. The molecule has 0 aliphatic heterocycles. The van der Waals surface area contributed by atoms with E-state index >= 15 is 0 Å². The average molecular weight is 479 g/mol. The zero-order valence-corrected chi connectivity index (χ0v) is 18.2. The van der Waals surface area contributed by atoms with Crippen molar-refractivity contribution in [1.82, 2.24) is 30.0 Å². The SMILES string of the molecule is O=C(NCc1noc(-c2c[nH]c3ncccc23)n1)c1cccn(Cc2ccc(Cl)c(F)c2)c1=O. The number of nitrogens with zero attached hydrogens (tertiary/aromatic N) is 4. The van der Waals surface area contributed by atoms with Crippen molar-refractivity contribution in [2.75, 3.05) is 0 Å². The normalized spacial score (nSPS) is 11.1. The molecule has 0 saturated carbocycles. The second-order valence-electron chi connectivity index (χ2n) is 7.40. The Balaban J connectivity index is 1.29. The molecule has 0 atom stereocenters. The first kappa shape index (κ1) is 21.5. The molecule has 2 N–H and O–H groups in total. The van der Waals surface area contributed by atoms with Crippen LogP contribution in [0.4, 0.5) is 4.39 Å². The Hall–Kier alpha value is -4.31. The highest BCUT2D eigenvalue weighted by atomic mass is 35.5. The van der Waals surface area contributed by atoms with Gasteiger partial charge in [0, 0.05) is 24.0 Å². The number of amides is 1. The zero-order chi connectivity index (χ0) is 23.7. The topological polar surface area (TPSA) is 119 Å². The number of aromatic amines is 1. The maximum Gasteiger partial charge on any atom is 0.263 e. The Bertz CT molecular complexity index is 1570. The van der Waals surface area contributed by atoms with Crippen molar-refractivity contribution in [3.05, 3.63) is 99.2 Å². The summed E-state index contributed by atoms with van der Waals surface area (Å²) in [6.07, 6.45) is 4.91. The minimum Gasteiger partial charge on any atom is -0.345 e. The van der Waals surface area contributed by atoms with Crippen LogP contribution in [0.5, 0.6) is 0 Å². The maximum atomic E-state index is 13.7. The summed E-state index contributed by atoms with van der Waals surface area (Å²) < 4.78 is 20.3. The Morgan fingerprint density at radius 1 is 1.24 bits per heavy atom. The van der Waals surface area contributed by atoms with Crippen LogP contribution in [0.2, 0.25) is 5.02 Å². The molecular formula is C23H16ClFN6O3. The molecule has 0 fully saturated rings. The third-order valence-electron chi connectivity index (χ3n) is 5.16. The van der Waals surface area contributed by atoms with Gasteiger partial charge >= 0.3 is 0 Å². The van der Waals surface area contributed by atoms with E-state index in [1.165, 1.54) is 29.0 Å². The number of pyridine rings is 2. The van der Waals surface area contributed by atoms with Crippen molar-refractivity contribution in [2.45, 2.75) is 13.1 Å². The van der Waals surface area contributed by atoms with Gasteiger partial charge in [-0.25, -0.2) is 9.37 Å². The number of benzene rings is 1. The molecule has 0 aliphatic carbocycles. The lowest BCUT2D eigenvalue weighted by Gasteiger charge is -2.09. The van der Waals surface area contributed by atoms with Gasteiger partial charge in [0.2, 0.25) is 0 Å². The minimum absolute atomic E-state index is 0.00444. The van der Waals surface area contributed by atoms with E-state index in [2.05, 4.69) is 25.4 Å². The fraction of sp³-hybridized carbons (Fsp3) is 0.0870. The number of rotatable bonds is 6. The van der Waals surface area contributed by atoms with E-state index in [1.807, 2.05) is 6.07 Å². The molecule has 1 aromatic carbocycles. The molecule has 0 spiro atoms. The standard InChI is InChI=1S/C23H16ClFN6O3/c24-17-6-5-13(9-18(17)25)12-31-8-2-4-15(23(31)33)21(32)28-11-19-29-22(34-30-19)16-10-27-20-14(16)3-1-7-26-20/h1-10H,11-12H2,(H,26,27)(H,28,32). The van der Waals surface area contributed by atoms with Gasteiger partial charge in [-0.05, 0) is 42.0 Å². The number of fused-ring (bicyclic) bond motifs is 1. The maximum absolute atomic E-state index is 13.7. The van der Waals surface area contributed by atoms with E-state index in [-0.39, 0.29) is 35.4 Å². The van der Waals surface area contributed by atoms with Crippen LogP contribution in [0.1, 0.15) is 21.7 Å². The van der Waals surface area contributed by atoms with Crippen molar-refractivity contribution in [1.29, 1.82) is 0 Å². The summed E-state index contributed by atoms with van der Waals surface area (Å²) in [6.45, 7) is 0.0430. The largest absolute Gasteiger partial charge is 0.345 e. The molecule has 0 unspecified atom stereocenters. The number of aromatic nitrogens is 5. The number of H-pyrrole nitrogens is 1. The molecule has 9 nitrogen and oxygen atoms in total. The van der Waals surface area contributed by atoms with E-state index in [0.717, 1.165) is 5.39 Å². The highest BCUT2D eigenvalue weighted by molar-refractivity contribution is 6.30. The quantitative estimate of drug-likeness (QED) is 0.385. The van der Waals surface area contributed by atoms with Gasteiger partial charge in [-0.1, -0.05) is 22.8 Å². The summed E-state index contributed by atoms with van der Waals surface area (Å²) in [4.78, 5) is 37.0. The van der Waals surface area contributed by atoms with Gasteiger partial charge < -0.3 is 19.4 Å². The first-order valence-corrected chi connectivity index (χ1v) is 10.5. The molecule has 5 rings (SSSR count). The van der Waals surface area contributed by atoms with Crippen molar-refractivity contribution >= 4 is 28.5 Å². The average Bonchev–Trinajstić information content (AvgIpc) is 3.48. The van der Waals surface area contributed by atoms with E-state index in [4.69, 9.17) is 16.1 Å². The fourth-order valence-corrected chi connectivity index (χ4v) is 3.61. The molecule has 4 aromatic heterocycles. The van der Waals surface area contributed by atoms with Crippen LogP contribution in [-0.2, 0) is 13.1 Å². The Kier molecular flexibility index (Phi) is 5.64. The molecule has 11 heteroatoms. The molecule has 0 saturated heterocycles. The molecule has 4 heterocycles. The van der Waals surface area contributed by atoms with Crippen molar-refractivity contribution in [3.63, 3.8) is 0 Å². The lowest BCUT2D eigenvalue weighted by Crippen LogP contribution is -2.32. The lowest BCUT2D eigenvalue weighted by atomic mass is 10.2. The van der Waals surface area contributed by atoms with Crippen LogP contribution < -0.4 is 10.9 Å². The summed E-state index contributed by atoms with van der Waals surface area (Å²) in [7, 11) is 0. The Morgan fingerprint density at radius 2 is 2.12 bits per heavy atom. The molecule has 1 amide bonds. The molecule has 34 heavy (non-hydrogen) atoms. The number of nitrogens with one attached hydrogen (secondary N) is 2. The summed E-state index contributed by atoms with van der Waals surface area (Å²) >= 11 is 5.71. The first-order chi connectivity index (χ1) is 16.5. The second kappa shape index (κ2) is 8.91. The number of halogens is 2. The van der Waals surface area contributed by atoms with E-state index in [0.29, 0.717) is 16.8 Å². The predicted molar refractivity (Wildman–Crippen MR) is 122 cm³/mol. The fourth-order valence-electron chi connectivity index (χ4n) is 3.49. The third kappa shape index (κ3) is 4.18. The smallest absolute Gasteiger partial charge is 0.263 e. The van der Waals surface area contributed by atoms with Gasteiger partial charge in [0.15, 0.2) is 5.82 Å². The predicted octanol–water partition coefficient (Wildman–Crippen LogP) is 3.55. The van der Waals surface area contributed by atoms with Crippen molar-refractivity contribution in [3.8, 4) is 11.5 Å². The van der Waals surface area contributed by atoms with Crippen LogP contribution in [0, 0.1) is 5.82 Å². The molecule has 0 bridgehead atoms. The van der Waals surface area contributed by atoms with E-state index in [1.54, 1.807) is 30.6 Å². The minimum atomic E-state index is -0.593. The molecule has 5 aromatic rings. The van der Waals surface area contributed by atoms with Gasteiger partial charge in [0.05, 0.1) is 23.7 Å². The van der Waals surface area contributed by atoms with Crippen LogP contribution in [0.3, 0.4) is 0 Å². The Labute approximate surface area is 196 Å². The number of carbonyl (C=O) groups is 1. The molecule has 0 aliphatic rings. The Morgan fingerprint density at radius 3 is 2.97 bits per heavy atom. The van der Waals surface area contributed by atoms with E-state index < -0.39 is 17.3 Å². The van der Waals surface area contributed by atoms with Crippen LogP contribution in [-0.4, -0.2) is 30.6 Å². The van der Waals surface area contributed by atoms with Gasteiger partial charge in [-0.2, -0.15) is 4.98 Å². The highest BCUT2D eigenvalue weighted by Gasteiger charge is 2.16. The summed E-state index contributed by atoms with van der Waals surface area (Å²) in [6, 6.07) is 10.9. The van der Waals surface area contributed by atoms with Crippen LogP contribution in [0.15, 0.2) is 70.4 Å². The van der Waals surface area contributed by atoms with Crippen molar-refractivity contribution in [2.24, 2.45) is 0 Å². The number of hydrogen-bond donors (Lipinski definition) is 2. The van der Waals surface area contributed by atoms with Crippen LogP contribution in [0.25, 0.3) is 22.5 Å². The summed E-state index contributed by atoms with van der Waals surface area (Å²) in [5, 5.41) is 7.34. The van der Waals surface area contributed by atoms with Gasteiger partial charge in [-0.15, -0.1) is 0 Å². The number of hydrogen-bond acceptors (Lipinski definition) is 6. The van der Waals surface area contributed by atoms with Crippen LogP contribution >= 0.6 is 11.6 Å². The van der Waals surface area contributed by atoms with Gasteiger partial charge in [-0.3, -0.25) is 9.59 Å². The highest BCUT2D eigenvalue weighted by Crippen LogP contribution is 2.25. The van der Waals surface area contributed by atoms with Crippen molar-refractivity contribution < 1.29 is 13.7 Å². The lowest BCUT2D eigenvalue weighted by molar-refractivity contribution is 0.0947.